The summed E-state index contributed by atoms with van der Waals surface area (Å²) in [6, 6.07) is 0. The van der Waals surface area contributed by atoms with Crippen molar-refractivity contribution in [1.82, 2.24) is 0 Å². The van der Waals surface area contributed by atoms with Gasteiger partial charge in [-0.3, -0.25) is 0 Å². The summed E-state index contributed by atoms with van der Waals surface area (Å²) in [5.74, 6) is -0.126. The van der Waals surface area contributed by atoms with Gasteiger partial charge in [-0.1, -0.05) is 20.3 Å². The molecular formula is C9H16O2. The Morgan fingerprint density at radius 3 is 2.64 bits per heavy atom. The summed E-state index contributed by atoms with van der Waals surface area (Å²) in [5.41, 5.74) is -0.0656. The standard InChI is InChI=1S/C9H16O2/c1-9(2)5-3-4-7(6-10)8(9)11/h6-8,11H,3-5H2,1-2H3/t7-,8+/m1/s1. The van der Waals surface area contributed by atoms with Crippen LogP contribution in [-0.2, 0) is 4.79 Å². The molecule has 64 valence electrons. The summed E-state index contributed by atoms with van der Waals surface area (Å²) in [6.45, 7) is 4.04. The molecule has 11 heavy (non-hydrogen) atoms. The number of hydrogen-bond donors (Lipinski definition) is 1. The second-order valence-corrected chi connectivity index (χ2v) is 4.13. The Morgan fingerprint density at radius 1 is 1.55 bits per heavy atom. The highest BCUT2D eigenvalue weighted by Crippen LogP contribution is 2.37. The van der Waals surface area contributed by atoms with Crippen LogP contribution in [0.3, 0.4) is 0 Å². The summed E-state index contributed by atoms with van der Waals surface area (Å²) < 4.78 is 0. The Kier molecular flexibility index (Phi) is 2.33. The van der Waals surface area contributed by atoms with Crippen LogP contribution in [0.15, 0.2) is 0 Å². The Morgan fingerprint density at radius 2 is 2.18 bits per heavy atom. The second kappa shape index (κ2) is 2.94. The fourth-order valence-corrected chi connectivity index (χ4v) is 1.82. The molecule has 0 spiro atoms. The van der Waals surface area contributed by atoms with Gasteiger partial charge in [0.2, 0.25) is 0 Å². The Balaban J connectivity index is 2.67. The predicted molar refractivity (Wildman–Crippen MR) is 43.2 cm³/mol. The van der Waals surface area contributed by atoms with Crippen molar-refractivity contribution in [2.45, 2.75) is 39.2 Å². The lowest BCUT2D eigenvalue weighted by Gasteiger charge is -2.38. The monoisotopic (exact) mass is 156 g/mol. The van der Waals surface area contributed by atoms with E-state index in [0.717, 1.165) is 25.5 Å². The van der Waals surface area contributed by atoms with Crippen molar-refractivity contribution in [2.75, 3.05) is 0 Å². The molecule has 2 nitrogen and oxygen atoms in total. The van der Waals surface area contributed by atoms with E-state index in [4.69, 9.17) is 0 Å². The van der Waals surface area contributed by atoms with Crippen molar-refractivity contribution in [3.63, 3.8) is 0 Å². The minimum Gasteiger partial charge on any atom is -0.392 e. The quantitative estimate of drug-likeness (QED) is 0.582. The van der Waals surface area contributed by atoms with Gasteiger partial charge in [0, 0.05) is 5.92 Å². The van der Waals surface area contributed by atoms with Gasteiger partial charge in [-0.15, -0.1) is 0 Å². The van der Waals surface area contributed by atoms with E-state index < -0.39 is 6.10 Å². The van der Waals surface area contributed by atoms with Crippen LogP contribution in [0.5, 0.6) is 0 Å². The molecule has 0 aromatic rings. The summed E-state index contributed by atoms with van der Waals surface area (Å²) in [7, 11) is 0. The summed E-state index contributed by atoms with van der Waals surface area (Å²) in [6.07, 6.45) is 3.40. The Labute approximate surface area is 67.6 Å². The van der Waals surface area contributed by atoms with Crippen molar-refractivity contribution < 1.29 is 9.90 Å². The SMILES string of the molecule is CC1(C)CCC[C@H](C=O)[C@@H]1O. The van der Waals surface area contributed by atoms with Crippen LogP contribution in [0.2, 0.25) is 0 Å². The lowest BCUT2D eigenvalue weighted by Crippen LogP contribution is -2.40. The minimum absolute atomic E-state index is 0.0656. The third-order valence-electron chi connectivity index (χ3n) is 2.74. The molecule has 0 bridgehead atoms. The van der Waals surface area contributed by atoms with Gasteiger partial charge in [0.05, 0.1) is 6.10 Å². The molecule has 0 aromatic carbocycles. The van der Waals surface area contributed by atoms with Crippen molar-refractivity contribution in [2.24, 2.45) is 11.3 Å². The molecule has 1 aliphatic rings. The molecule has 0 amide bonds. The number of carbonyl (C=O) groups excluding carboxylic acids is 1. The van der Waals surface area contributed by atoms with E-state index in [0.29, 0.717) is 0 Å². The minimum atomic E-state index is -0.436. The van der Waals surface area contributed by atoms with E-state index >= 15 is 0 Å². The number of aldehydes is 1. The molecule has 0 unspecified atom stereocenters. The van der Waals surface area contributed by atoms with Gasteiger partial charge in [0.25, 0.3) is 0 Å². The molecule has 1 saturated carbocycles. The highest BCUT2D eigenvalue weighted by atomic mass is 16.3. The first kappa shape index (κ1) is 8.72. The van der Waals surface area contributed by atoms with Crippen LogP contribution in [0, 0.1) is 11.3 Å². The van der Waals surface area contributed by atoms with Gasteiger partial charge >= 0.3 is 0 Å². The molecule has 1 rings (SSSR count). The average Bonchev–Trinajstić information content (AvgIpc) is 1.95. The van der Waals surface area contributed by atoms with Crippen molar-refractivity contribution in [3.05, 3.63) is 0 Å². The normalized spacial score (nSPS) is 36.6. The highest BCUT2D eigenvalue weighted by Gasteiger charge is 2.37. The van der Waals surface area contributed by atoms with Gasteiger partial charge in [0.15, 0.2) is 0 Å². The summed E-state index contributed by atoms with van der Waals surface area (Å²) >= 11 is 0. The Bertz CT molecular complexity index is 152. The molecular weight excluding hydrogens is 140 g/mol. The molecule has 1 aliphatic carbocycles. The van der Waals surface area contributed by atoms with Crippen LogP contribution < -0.4 is 0 Å². The lowest BCUT2D eigenvalue weighted by atomic mass is 9.70. The average molecular weight is 156 g/mol. The first-order valence-electron chi connectivity index (χ1n) is 4.21. The maximum absolute atomic E-state index is 10.5. The zero-order chi connectivity index (χ0) is 8.48. The van der Waals surface area contributed by atoms with Crippen LogP contribution in [0.4, 0.5) is 0 Å². The highest BCUT2D eigenvalue weighted by molar-refractivity contribution is 5.55. The third kappa shape index (κ3) is 1.62. The Hall–Kier alpha value is -0.370. The van der Waals surface area contributed by atoms with Gasteiger partial charge < -0.3 is 9.90 Å². The number of carbonyl (C=O) groups is 1. The van der Waals surface area contributed by atoms with Crippen molar-refractivity contribution >= 4 is 6.29 Å². The molecule has 0 radical (unpaired) electrons. The number of rotatable bonds is 1. The van der Waals surface area contributed by atoms with E-state index in [-0.39, 0.29) is 11.3 Å². The van der Waals surface area contributed by atoms with Crippen molar-refractivity contribution in [3.8, 4) is 0 Å². The molecule has 0 aromatic heterocycles. The molecule has 0 saturated heterocycles. The van der Waals surface area contributed by atoms with E-state index in [1.54, 1.807) is 0 Å². The number of hydrogen-bond acceptors (Lipinski definition) is 2. The van der Waals surface area contributed by atoms with Gasteiger partial charge in [-0.25, -0.2) is 0 Å². The first-order valence-corrected chi connectivity index (χ1v) is 4.21. The maximum atomic E-state index is 10.5. The molecule has 0 aliphatic heterocycles. The maximum Gasteiger partial charge on any atom is 0.125 e. The predicted octanol–water partition coefficient (Wildman–Crippen LogP) is 1.37. The molecule has 0 heterocycles. The van der Waals surface area contributed by atoms with E-state index in [2.05, 4.69) is 0 Å². The molecule has 2 heteroatoms. The van der Waals surface area contributed by atoms with E-state index in [9.17, 15) is 9.90 Å². The van der Waals surface area contributed by atoms with E-state index in [1.807, 2.05) is 13.8 Å². The number of aliphatic hydroxyl groups excluding tert-OH is 1. The number of aliphatic hydroxyl groups is 1. The lowest BCUT2D eigenvalue weighted by molar-refractivity contribution is -0.120. The van der Waals surface area contributed by atoms with Gasteiger partial charge in [-0.2, -0.15) is 0 Å². The zero-order valence-electron chi connectivity index (χ0n) is 7.21. The fraction of sp³-hybridized carbons (Fsp3) is 0.889. The molecule has 1 fully saturated rings. The van der Waals surface area contributed by atoms with Gasteiger partial charge in [-0.05, 0) is 18.3 Å². The fourth-order valence-electron chi connectivity index (χ4n) is 1.82. The smallest absolute Gasteiger partial charge is 0.125 e. The van der Waals surface area contributed by atoms with Crippen molar-refractivity contribution in [1.29, 1.82) is 0 Å². The summed E-state index contributed by atoms with van der Waals surface area (Å²) in [5, 5.41) is 9.67. The van der Waals surface area contributed by atoms with Crippen LogP contribution >= 0.6 is 0 Å². The largest absolute Gasteiger partial charge is 0.392 e. The topological polar surface area (TPSA) is 37.3 Å². The third-order valence-corrected chi connectivity index (χ3v) is 2.74. The zero-order valence-corrected chi connectivity index (χ0v) is 7.21. The molecule has 2 atom stereocenters. The van der Waals surface area contributed by atoms with Crippen LogP contribution in [0.1, 0.15) is 33.1 Å². The molecule has 1 N–H and O–H groups in total. The van der Waals surface area contributed by atoms with E-state index in [1.165, 1.54) is 0 Å². The van der Waals surface area contributed by atoms with Crippen LogP contribution in [0.25, 0.3) is 0 Å². The second-order valence-electron chi connectivity index (χ2n) is 4.13. The first-order chi connectivity index (χ1) is 5.08. The van der Waals surface area contributed by atoms with Crippen LogP contribution in [-0.4, -0.2) is 17.5 Å². The summed E-state index contributed by atoms with van der Waals surface area (Å²) in [4.78, 5) is 10.5. The van der Waals surface area contributed by atoms with Gasteiger partial charge in [0.1, 0.15) is 6.29 Å².